The number of ketones is 1. The van der Waals surface area contributed by atoms with Crippen LogP contribution >= 0.6 is 0 Å². The van der Waals surface area contributed by atoms with E-state index in [4.69, 9.17) is 18.9 Å². The Morgan fingerprint density at radius 2 is 1.70 bits per heavy atom. The number of esters is 1. The van der Waals surface area contributed by atoms with Crippen molar-refractivity contribution >= 4 is 11.8 Å². The largest absolute Gasteiger partial charge is 0.493 e. The van der Waals surface area contributed by atoms with Crippen LogP contribution in [0.1, 0.15) is 41.6 Å². The highest BCUT2D eigenvalue weighted by atomic mass is 19.4. The Labute approximate surface area is 188 Å². The summed E-state index contributed by atoms with van der Waals surface area (Å²) in [5.41, 5.74) is 1.90. The van der Waals surface area contributed by atoms with E-state index in [0.717, 1.165) is 11.1 Å². The van der Waals surface area contributed by atoms with Crippen LogP contribution in [-0.4, -0.2) is 44.4 Å². The average Bonchev–Trinajstić information content (AvgIpc) is 3.42. The van der Waals surface area contributed by atoms with Gasteiger partial charge in [-0.05, 0) is 42.5 Å². The minimum absolute atomic E-state index is 0.0725. The molecule has 9 heteroatoms. The highest BCUT2D eigenvalue weighted by molar-refractivity contribution is 6.02. The molecule has 2 aliphatic rings. The van der Waals surface area contributed by atoms with Gasteiger partial charge in [-0.3, -0.25) is 9.59 Å². The van der Waals surface area contributed by atoms with Crippen molar-refractivity contribution in [3.8, 4) is 28.4 Å². The first-order valence-corrected chi connectivity index (χ1v) is 10.5. The standard InChI is InChI=1S/C24H23F3O6/c1-30-19-9-7-17(14-4-3-5-16-15(14)6-8-18(16)28)21(22(19)31-2)32-13-23(10-11-23)33-20(29)12-24(25,26)27/h3-5,7,9H,6,8,10-13H2,1-2H3. The van der Waals surface area contributed by atoms with Gasteiger partial charge in [0.05, 0.1) is 14.2 Å². The molecule has 2 aromatic carbocycles. The monoisotopic (exact) mass is 464 g/mol. The number of ether oxygens (including phenoxy) is 4. The molecule has 0 heterocycles. The molecule has 0 saturated heterocycles. The quantitative estimate of drug-likeness (QED) is 0.518. The van der Waals surface area contributed by atoms with E-state index in [9.17, 15) is 22.8 Å². The van der Waals surface area contributed by atoms with Gasteiger partial charge in [-0.25, -0.2) is 0 Å². The number of carbonyl (C=O) groups is 2. The molecule has 176 valence electrons. The van der Waals surface area contributed by atoms with Gasteiger partial charge < -0.3 is 18.9 Å². The lowest BCUT2D eigenvalue weighted by Gasteiger charge is -2.22. The average molecular weight is 464 g/mol. The van der Waals surface area contributed by atoms with Gasteiger partial charge in [-0.1, -0.05) is 18.2 Å². The molecule has 2 aliphatic carbocycles. The first-order chi connectivity index (χ1) is 15.7. The zero-order valence-electron chi connectivity index (χ0n) is 18.2. The van der Waals surface area contributed by atoms with E-state index in [2.05, 4.69) is 0 Å². The summed E-state index contributed by atoms with van der Waals surface area (Å²) in [6.45, 7) is -0.138. The summed E-state index contributed by atoms with van der Waals surface area (Å²) in [4.78, 5) is 23.9. The van der Waals surface area contributed by atoms with Crippen LogP contribution in [0.2, 0.25) is 0 Å². The summed E-state index contributed by atoms with van der Waals surface area (Å²) in [5, 5.41) is 0. The minimum Gasteiger partial charge on any atom is -0.493 e. The maximum absolute atomic E-state index is 12.5. The molecule has 0 atom stereocenters. The zero-order valence-corrected chi connectivity index (χ0v) is 18.2. The highest BCUT2D eigenvalue weighted by Gasteiger charge is 2.49. The van der Waals surface area contributed by atoms with Gasteiger partial charge in [-0.2, -0.15) is 13.2 Å². The summed E-state index contributed by atoms with van der Waals surface area (Å²) in [5.74, 6) is -0.250. The van der Waals surface area contributed by atoms with Crippen LogP contribution in [0.5, 0.6) is 17.2 Å². The van der Waals surface area contributed by atoms with Gasteiger partial charge in [0.2, 0.25) is 5.75 Å². The number of methoxy groups -OCH3 is 2. The van der Waals surface area contributed by atoms with Gasteiger partial charge in [0, 0.05) is 17.5 Å². The van der Waals surface area contributed by atoms with Crippen LogP contribution < -0.4 is 14.2 Å². The van der Waals surface area contributed by atoms with Gasteiger partial charge in [0.15, 0.2) is 17.3 Å². The van der Waals surface area contributed by atoms with Crippen molar-refractivity contribution in [1.29, 1.82) is 0 Å². The van der Waals surface area contributed by atoms with E-state index in [-0.39, 0.29) is 12.4 Å². The fraction of sp³-hybridized carbons (Fsp3) is 0.417. The van der Waals surface area contributed by atoms with E-state index in [1.54, 1.807) is 24.3 Å². The number of benzene rings is 2. The first-order valence-electron chi connectivity index (χ1n) is 10.5. The number of fused-ring (bicyclic) bond motifs is 1. The third kappa shape index (κ3) is 4.77. The van der Waals surface area contributed by atoms with Crippen LogP contribution in [-0.2, 0) is 16.0 Å². The molecule has 1 fully saturated rings. The van der Waals surface area contributed by atoms with E-state index >= 15 is 0 Å². The number of hydrogen-bond donors (Lipinski definition) is 0. The Hall–Kier alpha value is -3.23. The Kier molecular flexibility index (Phi) is 5.99. The van der Waals surface area contributed by atoms with E-state index in [1.165, 1.54) is 14.2 Å². The van der Waals surface area contributed by atoms with E-state index < -0.39 is 24.2 Å². The van der Waals surface area contributed by atoms with Crippen LogP contribution in [0.15, 0.2) is 30.3 Å². The molecule has 0 unspecified atom stereocenters. The van der Waals surface area contributed by atoms with Crippen molar-refractivity contribution in [3.05, 3.63) is 41.5 Å². The van der Waals surface area contributed by atoms with Gasteiger partial charge >= 0.3 is 12.1 Å². The zero-order chi connectivity index (χ0) is 23.8. The molecule has 2 aromatic rings. The predicted octanol–water partition coefficient (Wildman–Crippen LogP) is 4.91. The molecule has 0 amide bonds. The normalized spacial score (nSPS) is 16.2. The maximum atomic E-state index is 12.5. The Balaban J connectivity index is 1.66. The second-order valence-electron chi connectivity index (χ2n) is 8.17. The summed E-state index contributed by atoms with van der Waals surface area (Å²) in [6.07, 6.45) is -4.47. The van der Waals surface area contributed by atoms with Crippen molar-refractivity contribution in [3.63, 3.8) is 0 Å². The number of Topliss-reactive ketones (excluding diaryl/α,β-unsaturated/α-hetero) is 1. The first kappa shape index (κ1) is 22.9. The fourth-order valence-electron chi connectivity index (χ4n) is 4.06. The SMILES string of the molecule is COc1ccc(-c2cccc3c2CCC3=O)c(OCC2(OC(=O)CC(F)(F)F)CC2)c1OC. The molecule has 33 heavy (non-hydrogen) atoms. The summed E-state index contributed by atoms with van der Waals surface area (Å²) in [6, 6.07) is 8.95. The summed E-state index contributed by atoms with van der Waals surface area (Å²) in [7, 11) is 2.92. The smallest absolute Gasteiger partial charge is 0.399 e. The molecule has 0 aliphatic heterocycles. The molecular formula is C24H23F3O6. The van der Waals surface area contributed by atoms with Crippen LogP contribution in [0, 0.1) is 0 Å². The van der Waals surface area contributed by atoms with E-state index in [1.807, 2.05) is 6.07 Å². The van der Waals surface area contributed by atoms with Crippen molar-refractivity contribution in [2.75, 3.05) is 20.8 Å². The number of halogens is 3. The third-order valence-electron chi connectivity index (χ3n) is 5.83. The Morgan fingerprint density at radius 3 is 2.33 bits per heavy atom. The second kappa shape index (κ2) is 8.61. The predicted molar refractivity (Wildman–Crippen MR) is 112 cm³/mol. The lowest BCUT2D eigenvalue weighted by molar-refractivity contribution is -0.178. The number of alkyl halides is 3. The minimum atomic E-state index is -4.64. The number of rotatable bonds is 8. The number of carbonyl (C=O) groups excluding carboxylic acids is 2. The van der Waals surface area contributed by atoms with Gasteiger partial charge in [0.1, 0.15) is 18.6 Å². The summed E-state index contributed by atoms with van der Waals surface area (Å²) >= 11 is 0. The summed E-state index contributed by atoms with van der Waals surface area (Å²) < 4.78 is 59.6. The topological polar surface area (TPSA) is 71.1 Å². The van der Waals surface area contributed by atoms with Crippen LogP contribution in [0.3, 0.4) is 0 Å². The van der Waals surface area contributed by atoms with Gasteiger partial charge in [-0.15, -0.1) is 0 Å². The van der Waals surface area contributed by atoms with Crippen molar-refractivity contribution in [1.82, 2.24) is 0 Å². The molecule has 0 spiro atoms. The number of hydrogen-bond acceptors (Lipinski definition) is 6. The molecule has 6 nitrogen and oxygen atoms in total. The van der Waals surface area contributed by atoms with Crippen molar-refractivity contribution in [2.45, 2.75) is 43.9 Å². The third-order valence-corrected chi connectivity index (χ3v) is 5.83. The molecule has 0 bridgehead atoms. The fourth-order valence-corrected chi connectivity index (χ4v) is 4.06. The molecule has 4 rings (SSSR count). The molecule has 0 radical (unpaired) electrons. The maximum Gasteiger partial charge on any atom is 0.399 e. The molecule has 0 aromatic heterocycles. The molecule has 1 saturated carbocycles. The van der Waals surface area contributed by atoms with Crippen LogP contribution in [0.25, 0.3) is 11.1 Å². The highest BCUT2D eigenvalue weighted by Crippen LogP contribution is 2.48. The van der Waals surface area contributed by atoms with Gasteiger partial charge in [0.25, 0.3) is 0 Å². The lowest BCUT2D eigenvalue weighted by Crippen LogP contribution is -2.29. The lowest BCUT2D eigenvalue weighted by atomic mass is 9.95. The molecular weight excluding hydrogens is 441 g/mol. The van der Waals surface area contributed by atoms with Crippen molar-refractivity contribution < 1.29 is 41.7 Å². The van der Waals surface area contributed by atoms with Crippen molar-refractivity contribution in [2.24, 2.45) is 0 Å². The Bertz CT molecular complexity index is 1090. The Morgan fingerprint density at radius 1 is 0.970 bits per heavy atom. The van der Waals surface area contributed by atoms with E-state index in [0.29, 0.717) is 54.1 Å². The molecule has 0 N–H and O–H groups in total. The second-order valence-corrected chi connectivity index (χ2v) is 8.17. The van der Waals surface area contributed by atoms with Crippen LogP contribution in [0.4, 0.5) is 13.2 Å².